The number of fused-ring (bicyclic) bond motifs is 2. The van der Waals surface area contributed by atoms with Gasteiger partial charge in [-0.15, -0.1) is 0 Å². The first kappa shape index (κ1) is 75.0. The summed E-state index contributed by atoms with van der Waals surface area (Å²) in [5.74, 6) is -6.42. The second-order valence-corrected chi connectivity index (χ2v) is 23.9. The highest BCUT2D eigenvalue weighted by molar-refractivity contribution is 5.91. The molecule has 2 aliphatic heterocycles. The van der Waals surface area contributed by atoms with Crippen LogP contribution < -0.4 is 11.1 Å². The van der Waals surface area contributed by atoms with E-state index in [1.807, 2.05) is 33.8 Å². The van der Waals surface area contributed by atoms with E-state index in [1.165, 1.54) is 0 Å². The maximum absolute atomic E-state index is 13.7. The van der Waals surface area contributed by atoms with Crippen LogP contribution in [0.15, 0.2) is 64.7 Å². The molecule has 0 saturated carbocycles. The maximum atomic E-state index is 13.7. The van der Waals surface area contributed by atoms with Gasteiger partial charge in [0.05, 0.1) is 61.5 Å². The van der Waals surface area contributed by atoms with Crippen molar-refractivity contribution < 1.29 is 84.4 Å². The molecule has 13 N–H and O–H groups in total. The van der Waals surface area contributed by atoms with Crippen LogP contribution in [0.1, 0.15) is 178 Å². The first-order valence-corrected chi connectivity index (χ1v) is 30.5. The SMILES string of the molecule is CCCC(CC)COC(=O)CC(=O)OC1CC(O)CC(O)CC(O)/C(C)=C/C=C/C(C)C(C(C)CCC/C=C/CCCNC(N)=NC)OC(=O)/C(C)=C/C=C/C(C)C(O)CC(O)C(C)C(O)CCC(C)C(O)C[C@]2(O)O[C@H](C1)C[C@H](O)[C@H]2O. The van der Waals surface area contributed by atoms with Crippen molar-refractivity contribution in [2.45, 2.75) is 257 Å². The van der Waals surface area contributed by atoms with Crippen LogP contribution in [0, 0.1) is 35.5 Å². The molecule has 2 rings (SSSR count). The molecule has 0 aromatic rings. The van der Waals surface area contributed by atoms with Gasteiger partial charge in [0, 0.05) is 75.4 Å². The highest BCUT2D eigenvalue weighted by Crippen LogP contribution is 2.36. The summed E-state index contributed by atoms with van der Waals surface area (Å²) in [7, 11) is 1.63. The highest BCUT2D eigenvalue weighted by Gasteiger charge is 2.50. The molecule has 0 spiro atoms. The minimum absolute atomic E-state index is 0.0612. The third-order valence-corrected chi connectivity index (χ3v) is 16.5. The highest BCUT2D eigenvalue weighted by atomic mass is 16.7. The molecule has 0 amide bonds. The Morgan fingerprint density at radius 2 is 1.45 bits per heavy atom. The summed E-state index contributed by atoms with van der Waals surface area (Å²) in [6.45, 7) is 17.2. The van der Waals surface area contributed by atoms with E-state index in [0.29, 0.717) is 23.7 Å². The predicted octanol–water partition coefficient (Wildman–Crippen LogP) is 5.66. The number of nitrogens with two attached hydrogens (primary N) is 1. The Bertz CT molecular complexity index is 2070. The number of carbonyl (C=O) groups is 3. The number of unbranched alkanes of at least 4 members (excludes halogenated alkanes) is 2. The Balaban J connectivity index is 2.47. The number of ether oxygens (including phenoxy) is 4. The summed E-state index contributed by atoms with van der Waals surface area (Å²) in [5, 5.41) is 115. The Morgan fingerprint density at radius 3 is 2.11 bits per heavy atom. The molecule has 2 bridgehead atoms. The van der Waals surface area contributed by atoms with Crippen LogP contribution >= 0.6 is 0 Å². The zero-order valence-electron chi connectivity index (χ0n) is 51.5. The molecule has 0 radical (unpaired) electrons. The molecule has 15 unspecified atom stereocenters. The zero-order valence-corrected chi connectivity index (χ0v) is 51.5. The molecule has 1 fully saturated rings. The summed E-state index contributed by atoms with van der Waals surface area (Å²) < 4.78 is 23.3. The monoisotopic (exact) mass is 1180 g/mol. The van der Waals surface area contributed by atoms with Crippen LogP contribution in [0.5, 0.6) is 0 Å². The van der Waals surface area contributed by atoms with Gasteiger partial charge in [-0.2, -0.15) is 0 Å². The number of aliphatic hydroxyl groups is 10. The Kier molecular flexibility index (Phi) is 35.8. The van der Waals surface area contributed by atoms with E-state index in [-0.39, 0.29) is 75.7 Å². The van der Waals surface area contributed by atoms with Crippen molar-refractivity contribution in [3.05, 3.63) is 59.8 Å². The Hall–Kier alpha value is -4.06. The molecule has 20 nitrogen and oxygen atoms in total. The molecular formula is C63H109N3O17. The minimum atomic E-state index is -2.51. The molecule has 0 aromatic heterocycles. The largest absolute Gasteiger partial charge is 0.465 e. The van der Waals surface area contributed by atoms with E-state index < -0.39 is 128 Å². The summed E-state index contributed by atoms with van der Waals surface area (Å²) in [6.07, 6.45) is 4.29. The smallest absolute Gasteiger partial charge is 0.334 e. The van der Waals surface area contributed by atoms with Gasteiger partial charge in [-0.25, -0.2) is 4.79 Å². The van der Waals surface area contributed by atoms with Crippen LogP contribution in [0.2, 0.25) is 0 Å². The van der Waals surface area contributed by atoms with E-state index in [9.17, 15) is 65.4 Å². The van der Waals surface area contributed by atoms with Gasteiger partial charge in [0.2, 0.25) is 0 Å². The fraction of sp³-hybridized carbons (Fsp3) is 0.778. The number of guanidine groups is 1. The number of allylic oxidation sites excluding steroid dienone is 6. The summed E-state index contributed by atoms with van der Waals surface area (Å²) in [4.78, 5) is 43.7. The lowest BCUT2D eigenvalue weighted by Gasteiger charge is -2.45. The number of nitrogens with one attached hydrogen (secondary N) is 1. The van der Waals surface area contributed by atoms with Crippen molar-refractivity contribution in [3.63, 3.8) is 0 Å². The quantitative estimate of drug-likeness (QED) is 0.0159. The van der Waals surface area contributed by atoms with Crippen molar-refractivity contribution in [1.29, 1.82) is 0 Å². The first-order chi connectivity index (χ1) is 39.1. The zero-order chi connectivity index (χ0) is 62.4. The topological polar surface area (TPSA) is 341 Å². The molecule has 478 valence electrons. The lowest BCUT2D eigenvalue weighted by Crippen LogP contribution is -2.60. The van der Waals surface area contributed by atoms with Crippen LogP contribution in [0.3, 0.4) is 0 Å². The van der Waals surface area contributed by atoms with Crippen molar-refractivity contribution in [2.24, 2.45) is 46.2 Å². The third-order valence-electron chi connectivity index (χ3n) is 16.5. The standard InChI is InChI=1S/C63H109N3O17/c1-11-21-46(12-2)38-80-57(75)36-58(76)81-49-31-47(67)30-48(68)32-52(70)39(3)23-19-25-43(7)59(42(6)22-17-15-13-14-16-18-29-66-62(64)65-10)82-61(78)44(8)26-20-24-40(4)53(71)35-54(72)45(9)51(69)28-27-41(5)56(74)37-63(79)60(77)55(73)34-50(33-49)83-63/h13-14,19-20,23-26,40-43,45-56,59-60,67-74,77,79H,11-12,15-18,21-22,27-38H2,1-10H3,(H3,64,65,66)/b14-13+,24-20+,25-19+,39-23+,44-26+/t40?,41?,42?,43?,45?,46?,47?,48?,49?,50-,51?,52?,53?,54?,55+,56?,59?,60-,63+/m1/s1. The van der Waals surface area contributed by atoms with Gasteiger partial charge < -0.3 is 81.1 Å². The number of aliphatic imine (C=N–C) groups is 1. The van der Waals surface area contributed by atoms with Gasteiger partial charge in [-0.3, -0.25) is 14.6 Å². The fourth-order valence-corrected chi connectivity index (χ4v) is 10.5. The maximum Gasteiger partial charge on any atom is 0.334 e. The Labute approximate surface area is 495 Å². The molecule has 83 heavy (non-hydrogen) atoms. The number of aliphatic hydroxyl groups excluding tert-OH is 9. The lowest BCUT2D eigenvalue weighted by molar-refractivity contribution is -0.333. The molecule has 1 saturated heterocycles. The molecule has 2 aliphatic rings. The minimum Gasteiger partial charge on any atom is -0.465 e. The lowest BCUT2D eigenvalue weighted by atomic mass is 9.84. The summed E-state index contributed by atoms with van der Waals surface area (Å²) in [5.41, 5.74) is 6.53. The van der Waals surface area contributed by atoms with E-state index in [4.69, 9.17) is 24.7 Å². The van der Waals surface area contributed by atoms with Crippen molar-refractivity contribution in [2.75, 3.05) is 20.2 Å². The van der Waals surface area contributed by atoms with Gasteiger partial charge in [-0.05, 0) is 95.0 Å². The number of hydrogen-bond donors (Lipinski definition) is 12. The molecule has 0 aliphatic carbocycles. The van der Waals surface area contributed by atoms with Crippen molar-refractivity contribution >= 4 is 23.9 Å². The van der Waals surface area contributed by atoms with Gasteiger partial charge >= 0.3 is 17.9 Å². The van der Waals surface area contributed by atoms with Crippen LogP contribution in [-0.4, -0.2) is 174 Å². The van der Waals surface area contributed by atoms with Crippen molar-refractivity contribution in [3.8, 4) is 0 Å². The van der Waals surface area contributed by atoms with E-state index >= 15 is 0 Å². The molecule has 20 heteroatoms. The molecule has 0 aromatic carbocycles. The summed E-state index contributed by atoms with van der Waals surface area (Å²) >= 11 is 0. The first-order valence-electron chi connectivity index (χ1n) is 30.5. The fourth-order valence-electron chi connectivity index (χ4n) is 10.5. The normalized spacial score (nSPS) is 36.1. The average Bonchev–Trinajstić information content (AvgIpc) is 3.42. The number of carbonyl (C=O) groups excluding carboxylic acids is 3. The number of nitrogens with zero attached hydrogens (tertiary/aromatic N) is 1. The van der Waals surface area contributed by atoms with E-state index in [2.05, 4.69) is 22.5 Å². The Morgan fingerprint density at radius 1 is 0.795 bits per heavy atom. The average molecular weight is 1180 g/mol. The number of hydrogen-bond acceptors (Lipinski definition) is 18. The van der Waals surface area contributed by atoms with Crippen LogP contribution in [-0.2, 0) is 33.3 Å². The van der Waals surface area contributed by atoms with E-state index in [0.717, 1.165) is 51.4 Å². The van der Waals surface area contributed by atoms with Crippen molar-refractivity contribution in [1.82, 2.24) is 5.32 Å². The number of esters is 3. The molecule has 19 atom stereocenters. The summed E-state index contributed by atoms with van der Waals surface area (Å²) in [6, 6.07) is 0. The van der Waals surface area contributed by atoms with Crippen LogP contribution in [0.4, 0.5) is 0 Å². The van der Waals surface area contributed by atoms with Gasteiger partial charge in [0.25, 0.3) is 0 Å². The third kappa shape index (κ3) is 28.8. The predicted molar refractivity (Wildman–Crippen MR) is 319 cm³/mol. The van der Waals surface area contributed by atoms with E-state index in [1.54, 1.807) is 72.0 Å². The van der Waals surface area contributed by atoms with Gasteiger partial charge in [-0.1, -0.05) is 110 Å². The number of rotatable bonds is 17. The molecular weight excluding hydrogens is 1070 g/mol. The van der Waals surface area contributed by atoms with Crippen LogP contribution in [0.25, 0.3) is 0 Å². The molecule has 2 heterocycles. The van der Waals surface area contributed by atoms with Gasteiger partial charge in [0.15, 0.2) is 11.7 Å². The second-order valence-electron chi connectivity index (χ2n) is 23.9. The second kappa shape index (κ2) is 39.6. The van der Waals surface area contributed by atoms with Gasteiger partial charge in [0.1, 0.15) is 24.7 Å². The number of cyclic esters (lactones) is 1.